The molecule has 0 saturated carbocycles. The maximum atomic E-state index is 12.7. The fourth-order valence-corrected chi connectivity index (χ4v) is 3.11. The van der Waals surface area contributed by atoms with Crippen LogP contribution in [0.15, 0.2) is 18.2 Å². The first-order chi connectivity index (χ1) is 12.2. The molecule has 0 radical (unpaired) electrons. The predicted octanol–water partition coefficient (Wildman–Crippen LogP) is 5.19. The van der Waals surface area contributed by atoms with Gasteiger partial charge >= 0.3 is 12.1 Å². The van der Waals surface area contributed by atoms with Crippen LogP contribution in [-0.4, -0.2) is 29.3 Å². The largest absolute Gasteiger partial charge is 0.458 e. The van der Waals surface area contributed by atoms with Crippen LogP contribution < -0.4 is 5.32 Å². The van der Waals surface area contributed by atoms with Gasteiger partial charge in [-0.25, -0.2) is 9.59 Å². The molecule has 0 bridgehead atoms. The van der Waals surface area contributed by atoms with Crippen molar-refractivity contribution < 1.29 is 19.1 Å². The van der Waals surface area contributed by atoms with Gasteiger partial charge in [0, 0.05) is 9.99 Å². The minimum absolute atomic E-state index is 0.304. The van der Waals surface area contributed by atoms with E-state index in [1.807, 2.05) is 12.1 Å². The summed E-state index contributed by atoms with van der Waals surface area (Å²) in [5, 5.41) is 2.69. The van der Waals surface area contributed by atoms with Crippen molar-refractivity contribution in [3.05, 3.63) is 32.9 Å². The average Bonchev–Trinajstić information content (AvgIpc) is 2.42. The molecular formula is C21H32INO4. The summed E-state index contributed by atoms with van der Waals surface area (Å²) >= 11 is 2.25. The average molecular weight is 489 g/mol. The van der Waals surface area contributed by atoms with Crippen molar-refractivity contribution in [2.24, 2.45) is 0 Å². The van der Waals surface area contributed by atoms with Crippen molar-refractivity contribution in [2.75, 3.05) is 0 Å². The number of rotatable bonds is 5. The number of ether oxygens (including phenoxy) is 2. The van der Waals surface area contributed by atoms with Crippen molar-refractivity contribution in [1.29, 1.82) is 0 Å². The SMILES string of the molecule is CC(C)c1ccc(I)cc1C[C@H](NC(=O)OC(C)(C)C)C(=O)OC(C)(C)C. The summed E-state index contributed by atoms with van der Waals surface area (Å²) in [6, 6.07) is 5.34. The molecule has 0 saturated heterocycles. The van der Waals surface area contributed by atoms with E-state index in [1.54, 1.807) is 41.5 Å². The standard InChI is InChI=1S/C21H32INO4/c1-13(2)16-10-9-15(22)11-14(16)12-17(18(24)26-20(3,4)5)23-19(25)27-21(6,7)8/h9-11,13,17H,12H2,1-8H3,(H,23,25)/t17-/m0/s1. The lowest BCUT2D eigenvalue weighted by atomic mass is 9.93. The molecule has 152 valence electrons. The number of carbonyl (C=O) groups is 2. The second kappa shape index (κ2) is 9.26. The molecule has 0 aliphatic carbocycles. The van der Waals surface area contributed by atoms with E-state index in [0.29, 0.717) is 12.3 Å². The Kier molecular flexibility index (Phi) is 8.14. The molecule has 0 aliphatic rings. The molecule has 1 rings (SSSR count). The van der Waals surface area contributed by atoms with Gasteiger partial charge in [0.1, 0.15) is 17.2 Å². The van der Waals surface area contributed by atoms with Gasteiger partial charge in [-0.15, -0.1) is 0 Å². The molecule has 0 heterocycles. The van der Waals surface area contributed by atoms with Crippen LogP contribution in [0.1, 0.15) is 72.4 Å². The second-order valence-corrected chi connectivity index (χ2v) is 10.2. The van der Waals surface area contributed by atoms with Crippen LogP contribution in [0, 0.1) is 3.57 Å². The lowest BCUT2D eigenvalue weighted by Gasteiger charge is -2.27. The highest BCUT2D eigenvalue weighted by atomic mass is 127. The van der Waals surface area contributed by atoms with Crippen LogP contribution in [0.5, 0.6) is 0 Å². The first-order valence-corrected chi connectivity index (χ1v) is 10.3. The Morgan fingerprint density at radius 2 is 1.59 bits per heavy atom. The first-order valence-electron chi connectivity index (χ1n) is 9.18. The third-order valence-electron chi connectivity index (χ3n) is 3.53. The summed E-state index contributed by atoms with van der Waals surface area (Å²) in [5.41, 5.74) is 0.879. The number of halogens is 1. The Labute approximate surface area is 176 Å². The minimum Gasteiger partial charge on any atom is -0.458 e. The maximum Gasteiger partial charge on any atom is 0.408 e. The Morgan fingerprint density at radius 3 is 2.07 bits per heavy atom. The summed E-state index contributed by atoms with van der Waals surface area (Å²) in [5.74, 6) is -0.167. The number of esters is 1. The topological polar surface area (TPSA) is 64.6 Å². The van der Waals surface area contributed by atoms with Gasteiger partial charge in [0.05, 0.1) is 0 Å². The van der Waals surface area contributed by atoms with E-state index >= 15 is 0 Å². The quantitative estimate of drug-likeness (QED) is 0.457. The molecule has 0 aromatic heterocycles. The van der Waals surface area contributed by atoms with E-state index in [-0.39, 0.29) is 0 Å². The molecule has 1 amide bonds. The summed E-state index contributed by atoms with van der Waals surface area (Å²) < 4.78 is 11.9. The van der Waals surface area contributed by atoms with Crippen LogP contribution in [-0.2, 0) is 20.7 Å². The highest BCUT2D eigenvalue weighted by molar-refractivity contribution is 14.1. The van der Waals surface area contributed by atoms with Crippen LogP contribution in [0.3, 0.4) is 0 Å². The number of nitrogens with one attached hydrogen (secondary N) is 1. The van der Waals surface area contributed by atoms with Gasteiger partial charge in [0.2, 0.25) is 0 Å². The summed E-state index contributed by atoms with van der Waals surface area (Å²) in [7, 11) is 0. The Balaban J connectivity index is 3.13. The van der Waals surface area contributed by atoms with Crippen molar-refractivity contribution >= 4 is 34.7 Å². The first kappa shape index (κ1) is 23.7. The lowest BCUT2D eigenvalue weighted by molar-refractivity contribution is -0.157. The number of hydrogen-bond acceptors (Lipinski definition) is 4. The van der Waals surface area contributed by atoms with Crippen molar-refractivity contribution in [3.63, 3.8) is 0 Å². The summed E-state index contributed by atoms with van der Waals surface area (Å²) in [6.07, 6.45) is -0.284. The van der Waals surface area contributed by atoms with Crippen LogP contribution in [0.4, 0.5) is 4.79 Å². The fourth-order valence-electron chi connectivity index (χ4n) is 2.55. The number of hydrogen-bond donors (Lipinski definition) is 1. The Bertz CT molecular complexity index is 672. The molecule has 1 N–H and O–H groups in total. The molecule has 1 aromatic carbocycles. The highest BCUT2D eigenvalue weighted by Crippen LogP contribution is 2.24. The van der Waals surface area contributed by atoms with Crippen LogP contribution >= 0.6 is 22.6 Å². The predicted molar refractivity (Wildman–Crippen MR) is 116 cm³/mol. The highest BCUT2D eigenvalue weighted by Gasteiger charge is 2.29. The molecule has 1 atom stereocenters. The van der Waals surface area contributed by atoms with Gasteiger partial charge in [-0.3, -0.25) is 0 Å². The molecule has 6 heteroatoms. The number of amides is 1. The number of alkyl carbamates (subject to hydrolysis) is 1. The smallest absolute Gasteiger partial charge is 0.408 e. The molecular weight excluding hydrogens is 457 g/mol. The van der Waals surface area contributed by atoms with Gasteiger partial charge in [-0.05, 0) is 93.3 Å². The molecule has 27 heavy (non-hydrogen) atoms. The van der Waals surface area contributed by atoms with E-state index < -0.39 is 29.3 Å². The fraction of sp³-hybridized carbons (Fsp3) is 0.619. The number of benzene rings is 1. The monoisotopic (exact) mass is 489 g/mol. The van der Waals surface area contributed by atoms with Gasteiger partial charge in [0.25, 0.3) is 0 Å². The van der Waals surface area contributed by atoms with Crippen molar-refractivity contribution in [3.8, 4) is 0 Å². The van der Waals surface area contributed by atoms with E-state index in [4.69, 9.17) is 9.47 Å². The molecule has 5 nitrogen and oxygen atoms in total. The zero-order valence-electron chi connectivity index (χ0n) is 17.6. The summed E-state index contributed by atoms with van der Waals surface area (Å²) in [4.78, 5) is 25.0. The Morgan fingerprint density at radius 1 is 1.04 bits per heavy atom. The molecule has 1 aromatic rings. The van der Waals surface area contributed by atoms with Crippen LogP contribution in [0.2, 0.25) is 0 Å². The van der Waals surface area contributed by atoms with Crippen molar-refractivity contribution in [1.82, 2.24) is 5.32 Å². The molecule has 0 unspecified atom stereocenters. The van der Waals surface area contributed by atoms with E-state index in [0.717, 1.165) is 14.7 Å². The van der Waals surface area contributed by atoms with Crippen LogP contribution in [0.25, 0.3) is 0 Å². The number of carbonyl (C=O) groups excluding carboxylic acids is 2. The minimum atomic E-state index is -0.824. The third-order valence-corrected chi connectivity index (χ3v) is 4.20. The summed E-state index contributed by atoms with van der Waals surface area (Å²) in [6.45, 7) is 15.0. The third kappa shape index (κ3) is 8.95. The maximum absolute atomic E-state index is 12.7. The lowest BCUT2D eigenvalue weighted by Crippen LogP contribution is -2.47. The molecule has 0 aliphatic heterocycles. The van der Waals surface area contributed by atoms with E-state index in [9.17, 15) is 9.59 Å². The van der Waals surface area contributed by atoms with Crippen molar-refractivity contribution in [2.45, 2.75) is 85.0 Å². The second-order valence-electron chi connectivity index (χ2n) is 8.93. The van der Waals surface area contributed by atoms with Gasteiger partial charge < -0.3 is 14.8 Å². The van der Waals surface area contributed by atoms with Gasteiger partial charge in [0.15, 0.2) is 0 Å². The zero-order valence-corrected chi connectivity index (χ0v) is 19.8. The molecule has 0 spiro atoms. The Hall–Kier alpha value is -1.31. The molecule has 0 fully saturated rings. The van der Waals surface area contributed by atoms with E-state index in [1.165, 1.54) is 0 Å². The van der Waals surface area contributed by atoms with E-state index in [2.05, 4.69) is 47.8 Å². The normalized spacial score (nSPS) is 13.3. The van der Waals surface area contributed by atoms with Gasteiger partial charge in [-0.1, -0.05) is 19.9 Å². The van der Waals surface area contributed by atoms with Gasteiger partial charge in [-0.2, -0.15) is 0 Å². The zero-order chi connectivity index (χ0) is 21.0.